The highest BCUT2D eigenvalue weighted by atomic mass is 16.5. The van der Waals surface area contributed by atoms with Gasteiger partial charge in [0.05, 0.1) is 19.2 Å². The van der Waals surface area contributed by atoms with E-state index in [1.807, 2.05) is 0 Å². The number of aliphatic hydroxyl groups is 1. The molecular weight excluding hydrogens is 260 g/mol. The smallest absolute Gasteiger partial charge is 0.330 e. The molecule has 2 rings (SSSR count). The van der Waals surface area contributed by atoms with E-state index < -0.39 is 24.5 Å². The third-order valence-corrected chi connectivity index (χ3v) is 2.86. The molecular formula is C14H14N2O4. The lowest BCUT2D eigenvalue weighted by Crippen LogP contribution is -2.44. The third kappa shape index (κ3) is 2.75. The van der Waals surface area contributed by atoms with E-state index >= 15 is 0 Å². The largest absolute Gasteiger partial charge is 0.467 e. The summed E-state index contributed by atoms with van der Waals surface area (Å²) in [4.78, 5) is 27.7. The maximum atomic E-state index is 12.2. The summed E-state index contributed by atoms with van der Waals surface area (Å²) in [6.45, 7) is -0.526. The second kappa shape index (κ2) is 6.12. The van der Waals surface area contributed by atoms with Gasteiger partial charge < -0.3 is 15.2 Å². The highest BCUT2D eigenvalue weighted by Gasteiger charge is 2.21. The van der Waals surface area contributed by atoms with Crippen molar-refractivity contribution in [3.05, 3.63) is 42.1 Å². The fourth-order valence-corrected chi connectivity index (χ4v) is 1.86. The van der Waals surface area contributed by atoms with E-state index in [1.54, 1.807) is 36.5 Å². The third-order valence-electron chi connectivity index (χ3n) is 2.86. The van der Waals surface area contributed by atoms with E-state index in [4.69, 9.17) is 5.11 Å². The molecule has 6 nitrogen and oxygen atoms in total. The SMILES string of the molecule is COC(=O)C(CO)NC(=O)c1cccc2ncccc12. The number of hydrogen-bond donors (Lipinski definition) is 2. The molecule has 1 aromatic carbocycles. The van der Waals surface area contributed by atoms with Crippen molar-refractivity contribution in [2.45, 2.75) is 6.04 Å². The van der Waals surface area contributed by atoms with Crippen LogP contribution in [0.25, 0.3) is 10.9 Å². The number of fused-ring (bicyclic) bond motifs is 1. The molecule has 1 unspecified atom stereocenters. The number of esters is 1. The van der Waals surface area contributed by atoms with Crippen LogP contribution in [0.4, 0.5) is 0 Å². The van der Waals surface area contributed by atoms with Gasteiger partial charge in [-0.3, -0.25) is 9.78 Å². The average molecular weight is 274 g/mol. The zero-order valence-electron chi connectivity index (χ0n) is 10.9. The molecule has 2 aromatic rings. The molecule has 0 saturated carbocycles. The molecule has 2 N–H and O–H groups in total. The predicted molar refractivity (Wildman–Crippen MR) is 72.1 cm³/mol. The van der Waals surface area contributed by atoms with E-state index in [2.05, 4.69) is 15.0 Å². The standard InChI is InChI=1S/C14H14N2O4/c1-20-14(19)12(8-17)16-13(18)10-4-2-6-11-9(10)5-3-7-15-11/h2-7,12,17H,8H2,1H3,(H,16,18). The lowest BCUT2D eigenvalue weighted by molar-refractivity contribution is -0.143. The molecule has 104 valence electrons. The Bertz CT molecular complexity index is 637. The molecule has 0 spiro atoms. The molecule has 1 atom stereocenters. The van der Waals surface area contributed by atoms with Crippen LogP contribution < -0.4 is 5.32 Å². The Morgan fingerprint density at radius 2 is 2.15 bits per heavy atom. The van der Waals surface area contributed by atoms with Crippen molar-refractivity contribution in [1.82, 2.24) is 10.3 Å². The summed E-state index contributed by atoms with van der Waals surface area (Å²) < 4.78 is 4.50. The topological polar surface area (TPSA) is 88.5 Å². The Morgan fingerprint density at radius 1 is 1.35 bits per heavy atom. The molecule has 0 fully saturated rings. The van der Waals surface area contributed by atoms with Crippen molar-refractivity contribution in [3.8, 4) is 0 Å². The van der Waals surface area contributed by atoms with Crippen LogP contribution in [0.2, 0.25) is 0 Å². The van der Waals surface area contributed by atoms with Gasteiger partial charge in [0.1, 0.15) is 0 Å². The zero-order valence-corrected chi connectivity index (χ0v) is 10.9. The minimum absolute atomic E-state index is 0.387. The van der Waals surface area contributed by atoms with Crippen LogP contribution in [0.5, 0.6) is 0 Å². The zero-order chi connectivity index (χ0) is 14.5. The summed E-state index contributed by atoms with van der Waals surface area (Å²) >= 11 is 0. The summed E-state index contributed by atoms with van der Waals surface area (Å²) in [7, 11) is 1.19. The molecule has 0 aliphatic carbocycles. The number of pyridine rings is 1. The highest BCUT2D eigenvalue weighted by Crippen LogP contribution is 2.16. The normalized spacial score (nSPS) is 11.9. The maximum absolute atomic E-state index is 12.2. The number of carbonyl (C=O) groups excluding carboxylic acids is 2. The summed E-state index contributed by atoms with van der Waals surface area (Å²) in [5.41, 5.74) is 1.07. The molecule has 1 aromatic heterocycles. The van der Waals surface area contributed by atoms with E-state index in [9.17, 15) is 9.59 Å². The Kier molecular flexibility index (Phi) is 4.27. The fourth-order valence-electron chi connectivity index (χ4n) is 1.86. The van der Waals surface area contributed by atoms with Crippen molar-refractivity contribution < 1.29 is 19.4 Å². The number of carbonyl (C=O) groups is 2. The van der Waals surface area contributed by atoms with Crippen molar-refractivity contribution >= 4 is 22.8 Å². The number of aliphatic hydroxyl groups excluding tert-OH is 1. The van der Waals surface area contributed by atoms with Crippen LogP contribution in [0.1, 0.15) is 10.4 Å². The Morgan fingerprint density at radius 3 is 2.85 bits per heavy atom. The van der Waals surface area contributed by atoms with Crippen LogP contribution >= 0.6 is 0 Å². The molecule has 0 aliphatic rings. The second-order valence-corrected chi connectivity index (χ2v) is 4.11. The van der Waals surface area contributed by atoms with Crippen molar-refractivity contribution in [3.63, 3.8) is 0 Å². The maximum Gasteiger partial charge on any atom is 0.330 e. The molecule has 0 saturated heterocycles. The molecule has 0 aliphatic heterocycles. The van der Waals surface area contributed by atoms with Gasteiger partial charge in [0.15, 0.2) is 6.04 Å². The fraction of sp³-hybridized carbons (Fsp3) is 0.214. The summed E-state index contributed by atoms with van der Waals surface area (Å²) in [5.74, 6) is -1.16. The summed E-state index contributed by atoms with van der Waals surface area (Å²) in [5, 5.41) is 12.2. The first-order valence-corrected chi connectivity index (χ1v) is 6.00. The quantitative estimate of drug-likeness (QED) is 0.792. The van der Waals surface area contributed by atoms with Crippen molar-refractivity contribution in [1.29, 1.82) is 0 Å². The molecule has 6 heteroatoms. The monoisotopic (exact) mass is 274 g/mol. The number of nitrogens with zero attached hydrogens (tertiary/aromatic N) is 1. The minimum atomic E-state index is -1.08. The molecule has 0 bridgehead atoms. The number of amides is 1. The van der Waals surface area contributed by atoms with Gasteiger partial charge in [-0.2, -0.15) is 0 Å². The van der Waals surface area contributed by atoms with Gasteiger partial charge in [0.25, 0.3) is 5.91 Å². The molecule has 0 radical (unpaired) electrons. The van der Waals surface area contributed by atoms with E-state index in [-0.39, 0.29) is 0 Å². The van der Waals surface area contributed by atoms with Gasteiger partial charge in [0, 0.05) is 17.1 Å². The minimum Gasteiger partial charge on any atom is -0.467 e. The Hall–Kier alpha value is -2.47. The van der Waals surface area contributed by atoms with Gasteiger partial charge in [-0.25, -0.2) is 4.79 Å². The van der Waals surface area contributed by atoms with Crippen LogP contribution in [0, 0.1) is 0 Å². The lowest BCUT2D eigenvalue weighted by atomic mass is 10.1. The molecule has 1 amide bonds. The highest BCUT2D eigenvalue weighted by molar-refractivity contribution is 6.07. The molecule has 20 heavy (non-hydrogen) atoms. The number of methoxy groups -OCH3 is 1. The first kappa shape index (κ1) is 14.0. The van der Waals surface area contributed by atoms with Gasteiger partial charge in [0.2, 0.25) is 0 Å². The van der Waals surface area contributed by atoms with Gasteiger partial charge in [-0.05, 0) is 18.2 Å². The average Bonchev–Trinajstić information content (AvgIpc) is 2.51. The van der Waals surface area contributed by atoms with Crippen molar-refractivity contribution in [2.24, 2.45) is 0 Å². The van der Waals surface area contributed by atoms with Gasteiger partial charge in [-0.1, -0.05) is 12.1 Å². The van der Waals surface area contributed by atoms with Gasteiger partial charge >= 0.3 is 5.97 Å². The van der Waals surface area contributed by atoms with E-state index in [1.165, 1.54) is 7.11 Å². The summed E-state index contributed by atoms with van der Waals surface area (Å²) in [6, 6.07) is 7.53. The lowest BCUT2D eigenvalue weighted by Gasteiger charge is -2.14. The Labute approximate surface area is 115 Å². The van der Waals surface area contributed by atoms with Crippen molar-refractivity contribution in [2.75, 3.05) is 13.7 Å². The number of hydrogen-bond acceptors (Lipinski definition) is 5. The number of aromatic nitrogens is 1. The Balaban J connectivity index is 2.30. The van der Waals surface area contributed by atoms with Crippen LogP contribution in [0.3, 0.4) is 0 Å². The molecule has 1 heterocycles. The summed E-state index contributed by atoms with van der Waals surface area (Å²) in [6.07, 6.45) is 1.63. The van der Waals surface area contributed by atoms with Crippen LogP contribution in [-0.4, -0.2) is 41.7 Å². The van der Waals surface area contributed by atoms with Crippen LogP contribution in [-0.2, 0) is 9.53 Å². The number of nitrogens with one attached hydrogen (secondary N) is 1. The predicted octanol–water partition coefficient (Wildman–Crippen LogP) is 0.498. The van der Waals surface area contributed by atoms with E-state index in [0.717, 1.165) is 0 Å². The van der Waals surface area contributed by atoms with Crippen LogP contribution in [0.15, 0.2) is 36.5 Å². The van der Waals surface area contributed by atoms with Gasteiger partial charge in [-0.15, -0.1) is 0 Å². The number of benzene rings is 1. The second-order valence-electron chi connectivity index (χ2n) is 4.11. The first-order valence-electron chi connectivity index (χ1n) is 6.00. The first-order chi connectivity index (χ1) is 9.67. The number of rotatable bonds is 4. The van der Waals surface area contributed by atoms with E-state index in [0.29, 0.717) is 16.5 Å². The number of ether oxygens (including phenoxy) is 1.